The van der Waals surface area contributed by atoms with Crippen molar-refractivity contribution in [3.8, 4) is 0 Å². The van der Waals surface area contributed by atoms with Gasteiger partial charge in [-0.1, -0.05) is 86.5 Å². The molecular weight excluding hydrogens is 492 g/mol. The minimum atomic E-state index is -0.792. The molecule has 0 aliphatic heterocycles. The van der Waals surface area contributed by atoms with Gasteiger partial charge in [0.25, 0.3) is 0 Å². The van der Waals surface area contributed by atoms with Crippen LogP contribution in [0.3, 0.4) is 0 Å². The van der Waals surface area contributed by atoms with Crippen molar-refractivity contribution in [3.63, 3.8) is 0 Å². The van der Waals surface area contributed by atoms with Crippen molar-refractivity contribution in [2.24, 2.45) is 0 Å². The highest BCUT2D eigenvalue weighted by atomic mass is 32.2. The molecule has 1 saturated carbocycles. The number of hydrogen-bond donors (Lipinski definition) is 2. The second-order valence-corrected chi connectivity index (χ2v) is 11.1. The monoisotopic (exact) mass is 530 g/mol. The number of anilines is 1. The van der Waals surface area contributed by atoms with E-state index in [1.807, 2.05) is 54.3 Å². The Labute approximate surface area is 230 Å². The lowest BCUT2D eigenvalue weighted by Gasteiger charge is -2.29. The largest absolute Gasteiger partial charge is 0.481 e. The van der Waals surface area contributed by atoms with Crippen LogP contribution in [0.2, 0.25) is 0 Å². The number of carboxylic acids is 1. The summed E-state index contributed by atoms with van der Waals surface area (Å²) < 4.78 is 0. The molecule has 1 unspecified atom stereocenters. The summed E-state index contributed by atoms with van der Waals surface area (Å²) in [5, 5.41) is 12.7. The maximum atomic E-state index is 13.5. The zero-order valence-corrected chi connectivity index (χ0v) is 23.0. The minimum Gasteiger partial charge on any atom is -0.481 e. The quantitative estimate of drug-likeness (QED) is 0.264. The Kier molecular flexibility index (Phi) is 10.3. The van der Waals surface area contributed by atoms with Crippen molar-refractivity contribution in [1.82, 2.24) is 5.32 Å². The standard InChI is InChI=1S/C32H38N2O3S/c1-2-30(31(35)36)25-18-20-28(21-19-25)38-29-17-9-16-27(23-29)34(22-10-13-24-11-5-3-6-12-24)32(37)33-26-14-7-4-8-15-26/h3,5-6,9,11-12,16-21,23,26,30H,2,4,7-8,10,13-15,22H2,1H3,(H,33,37)(H,35,36). The molecule has 3 aromatic carbocycles. The third-order valence-electron chi connectivity index (χ3n) is 7.22. The molecule has 1 atom stereocenters. The van der Waals surface area contributed by atoms with Crippen molar-refractivity contribution >= 4 is 29.4 Å². The molecule has 1 fully saturated rings. The molecule has 200 valence electrons. The Morgan fingerprint density at radius 3 is 2.37 bits per heavy atom. The molecular formula is C32H38N2O3S. The van der Waals surface area contributed by atoms with Crippen LogP contribution in [-0.2, 0) is 11.2 Å². The number of urea groups is 1. The number of hydrogen-bond acceptors (Lipinski definition) is 3. The zero-order chi connectivity index (χ0) is 26.7. The SMILES string of the molecule is CCC(C(=O)O)c1ccc(Sc2cccc(N(CCCc3ccccc3)C(=O)NC3CCCCC3)c2)cc1. The van der Waals surface area contributed by atoms with E-state index in [1.54, 1.807) is 11.8 Å². The topological polar surface area (TPSA) is 69.6 Å². The van der Waals surface area contributed by atoms with Gasteiger partial charge < -0.3 is 10.4 Å². The Balaban J connectivity index is 1.47. The van der Waals surface area contributed by atoms with E-state index in [9.17, 15) is 14.7 Å². The summed E-state index contributed by atoms with van der Waals surface area (Å²) in [6, 6.07) is 26.5. The second-order valence-electron chi connectivity index (χ2n) is 9.99. The van der Waals surface area contributed by atoms with Gasteiger partial charge in [-0.25, -0.2) is 4.79 Å². The third kappa shape index (κ3) is 7.87. The van der Waals surface area contributed by atoms with E-state index in [4.69, 9.17) is 0 Å². The number of benzene rings is 3. The van der Waals surface area contributed by atoms with Crippen LogP contribution in [0.5, 0.6) is 0 Å². The van der Waals surface area contributed by atoms with Crippen LogP contribution < -0.4 is 10.2 Å². The number of nitrogens with zero attached hydrogens (tertiary/aromatic N) is 1. The van der Waals surface area contributed by atoms with Gasteiger partial charge in [-0.3, -0.25) is 9.69 Å². The molecule has 38 heavy (non-hydrogen) atoms. The van der Waals surface area contributed by atoms with E-state index in [1.165, 1.54) is 24.8 Å². The van der Waals surface area contributed by atoms with Gasteiger partial charge in [0.1, 0.15) is 0 Å². The average molecular weight is 531 g/mol. The van der Waals surface area contributed by atoms with Crippen molar-refractivity contribution in [1.29, 1.82) is 0 Å². The van der Waals surface area contributed by atoms with Gasteiger partial charge in [0.05, 0.1) is 5.92 Å². The molecule has 2 N–H and O–H groups in total. The summed E-state index contributed by atoms with van der Waals surface area (Å²) in [4.78, 5) is 28.9. The maximum absolute atomic E-state index is 13.5. The molecule has 0 aromatic heterocycles. The number of rotatable bonds is 11. The van der Waals surface area contributed by atoms with Crippen LogP contribution >= 0.6 is 11.8 Å². The van der Waals surface area contributed by atoms with Gasteiger partial charge in [-0.15, -0.1) is 0 Å². The van der Waals surface area contributed by atoms with Gasteiger partial charge in [0.15, 0.2) is 0 Å². The summed E-state index contributed by atoms with van der Waals surface area (Å²) in [6.45, 7) is 2.53. The predicted octanol–water partition coefficient (Wildman–Crippen LogP) is 7.90. The molecule has 0 heterocycles. The van der Waals surface area contributed by atoms with Crippen LogP contribution in [-0.4, -0.2) is 29.7 Å². The molecule has 3 aromatic rings. The molecule has 1 aliphatic carbocycles. The van der Waals surface area contributed by atoms with Gasteiger partial charge in [0.2, 0.25) is 0 Å². The average Bonchev–Trinajstić information content (AvgIpc) is 2.93. The molecule has 2 amide bonds. The smallest absolute Gasteiger partial charge is 0.322 e. The van der Waals surface area contributed by atoms with E-state index >= 15 is 0 Å². The molecule has 6 heteroatoms. The number of aryl methyl sites for hydroxylation is 1. The number of nitrogens with one attached hydrogen (secondary N) is 1. The first-order chi connectivity index (χ1) is 18.5. The normalized spacial score (nSPS) is 14.6. The summed E-state index contributed by atoms with van der Waals surface area (Å²) in [5.41, 5.74) is 2.99. The predicted molar refractivity (Wildman–Crippen MR) is 155 cm³/mol. The Bertz CT molecular complexity index is 1180. The van der Waals surface area contributed by atoms with E-state index in [2.05, 4.69) is 41.7 Å². The second kappa shape index (κ2) is 14.1. The van der Waals surface area contributed by atoms with Gasteiger partial charge >= 0.3 is 12.0 Å². The Hall–Kier alpha value is -3.25. The lowest BCUT2D eigenvalue weighted by molar-refractivity contribution is -0.138. The molecule has 0 bridgehead atoms. The highest BCUT2D eigenvalue weighted by Crippen LogP contribution is 2.32. The van der Waals surface area contributed by atoms with Crippen LogP contribution in [0.4, 0.5) is 10.5 Å². The number of carbonyl (C=O) groups excluding carboxylic acids is 1. The van der Waals surface area contributed by atoms with Crippen LogP contribution in [0.25, 0.3) is 0 Å². The van der Waals surface area contributed by atoms with Gasteiger partial charge in [0, 0.05) is 28.1 Å². The van der Waals surface area contributed by atoms with Crippen molar-refractivity contribution in [3.05, 3.63) is 90.0 Å². The molecule has 5 nitrogen and oxygen atoms in total. The Morgan fingerprint density at radius 2 is 1.68 bits per heavy atom. The fourth-order valence-corrected chi connectivity index (χ4v) is 5.98. The lowest BCUT2D eigenvalue weighted by atomic mass is 9.96. The first-order valence-corrected chi connectivity index (χ1v) is 14.6. The van der Waals surface area contributed by atoms with Crippen LogP contribution in [0.1, 0.15) is 68.9 Å². The fraction of sp³-hybridized carbons (Fsp3) is 0.375. The van der Waals surface area contributed by atoms with Crippen LogP contribution in [0, 0.1) is 0 Å². The highest BCUT2D eigenvalue weighted by molar-refractivity contribution is 7.99. The fourth-order valence-electron chi connectivity index (χ4n) is 5.11. The number of carboxylic acid groups (broad SMARTS) is 1. The molecule has 0 spiro atoms. The van der Waals surface area contributed by atoms with Crippen molar-refractivity contribution in [2.75, 3.05) is 11.4 Å². The van der Waals surface area contributed by atoms with E-state index in [0.717, 1.165) is 46.7 Å². The van der Waals surface area contributed by atoms with E-state index in [0.29, 0.717) is 13.0 Å². The zero-order valence-electron chi connectivity index (χ0n) is 22.1. The molecule has 1 aliphatic rings. The maximum Gasteiger partial charge on any atom is 0.322 e. The van der Waals surface area contributed by atoms with E-state index < -0.39 is 11.9 Å². The van der Waals surface area contributed by atoms with Crippen molar-refractivity contribution < 1.29 is 14.7 Å². The Morgan fingerprint density at radius 1 is 0.947 bits per heavy atom. The first kappa shape index (κ1) is 27.8. The third-order valence-corrected chi connectivity index (χ3v) is 8.22. The van der Waals surface area contributed by atoms with Crippen LogP contribution in [0.15, 0.2) is 88.7 Å². The molecule has 0 saturated heterocycles. The van der Waals surface area contributed by atoms with E-state index in [-0.39, 0.29) is 12.1 Å². The lowest BCUT2D eigenvalue weighted by Crippen LogP contribution is -2.46. The summed E-state index contributed by atoms with van der Waals surface area (Å²) in [6.07, 6.45) is 8.07. The number of aliphatic carboxylic acids is 1. The summed E-state index contributed by atoms with van der Waals surface area (Å²) in [7, 11) is 0. The first-order valence-electron chi connectivity index (χ1n) is 13.8. The number of amides is 2. The number of carbonyl (C=O) groups is 2. The van der Waals surface area contributed by atoms with Gasteiger partial charge in [-0.05, 0) is 73.6 Å². The molecule has 4 rings (SSSR count). The molecule has 0 radical (unpaired) electrons. The summed E-state index contributed by atoms with van der Waals surface area (Å²) >= 11 is 1.62. The van der Waals surface area contributed by atoms with Crippen molar-refractivity contribution in [2.45, 2.75) is 80.0 Å². The summed E-state index contributed by atoms with van der Waals surface area (Å²) in [5.74, 6) is -1.27. The minimum absolute atomic E-state index is 0.0178. The van der Waals surface area contributed by atoms with Gasteiger partial charge in [-0.2, -0.15) is 0 Å². The highest BCUT2D eigenvalue weighted by Gasteiger charge is 2.22.